The summed E-state index contributed by atoms with van der Waals surface area (Å²) in [7, 11) is 1.46. The van der Waals surface area contributed by atoms with E-state index in [1.54, 1.807) is 6.92 Å². The van der Waals surface area contributed by atoms with Crippen LogP contribution in [0.25, 0.3) is 0 Å². The van der Waals surface area contributed by atoms with Crippen molar-refractivity contribution in [2.45, 2.75) is 82.6 Å². The number of amides is 1. The molecular weight excluding hydrogens is 316 g/mol. The number of rotatable bonds is 11. The monoisotopic (exact) mass is 348 g/mol. The summed E-state index contributed by atoms with van der Waals surface area (Å²) in [6, 6.07) is 0. The lowest BCUT2D eigenvalue weighted by Crippen LogP contribution is -2.58. The van der Waals surface area contributed by atoms with Gasteiger partial charge >= 0.3 is 0 Å². The van der Waals surface area contributed by atoms with E-state index in [0.717, 1.165) is 38.5 Å². The van der Waals surface area contributed by atoms with Gasteiger partial charge in [0.25, 0.3) is 0 Å². The van der Waals surface area contributed by atoms with Gasteiger partial charge in [0.2, 0.25) is 5.91 Å². The van der Waals surface area contributed by atoms with E-state index in [9.17, 15) is 15.0 Å². The third kappa shape index (κ3) is 7.00. The Morgan fingerprint density at radius 3 is 2.38 bits per heavy atom. The number of carbonyl (C=O) groups excluding carboxylic acids is 1. The standard InChI is InChI=1S/C16H32N2O6/c1-11-13(20)14(21)15(22-2)16(24-11)23-10-8-6-4-3-5-7-9-12(19)18-17/h11,13-16,20-21H,3-10,17H2,1-2H3,(H,18,19)/t11-,13-,14+,15+,16+/m0/s1. The molecule has 1 aliphatic heterocycles. The quantitative estimate of drug-likeness (QED) is 0.182. The van der Waals surface area contributed by atoms with Gasteiger partial charge in [-0.3, -0.25) is 10.2 Å². The predicted octanol–water partition coefficient (Wildman–Crippen LogP) is 0.205. The minimum atomic E-state index is -1.02. The van der Waals surface area contributed by atoms with Crippen LogP contribution < -0.4 is 11.3 Å². The smallest absolute Gasteiger partial charge is 0.233 e. The number of nitrogens with two attached hydrogens (primary N) is 1. The van der Waals surface area contributed by atoms with Gasteiger partial charge in [0.05, 0.1) is 6.10 Å². The van der Waals surface area contributed by atoms with Crippen molar-refractivity contribution in [3.63, 3.8) is 0 Å². The molecule has 1 saturated heterocycles. The highest BCUT2D eigenvalue weighted by Crippen LogP contribution is 2.24. The lowest BCUT2D eigenvalue weighted by molar-refractivity contribution is -0.298. The van der Waals surface area contributed by atoms with Crippen LogP contribution in [-0.2, 0) is 19.0 Å². The number of unbranched alkanes of at least 4 members (excludes halogenated alkanes) is 5. The molecule has 0 aromatic heterocycles. The molecule has 1 fully saturated rings. The molecule has 1 heterocycles. The zero-order valence-corrected chi connectivity index (χ0v) is 14.6. The maximum Gasteiger partial charge on any atom is 0.233 e. The van der Waals surface area contributed by atoms with E-state index >= 15 is 0 Å². The average Bonchev–Trinajstić information content (AvgIpc) is 2.58. The lowest BCUT2D eigenvalue weighted by Gasteiger charge is -2.40. The van der Waals surface area contributed by atoms with Crippen LogP contribution >= 0.6 is 0 Å². The topological polar surface area (TPSA) is 123 Å². The number of nitrogens with one attached hydrogen (secondary N) is 1. The fourth-order valence-corrected chi connectivity index (χ4v) is 2.75. The number of aliphatic hydroxyl groups excluding tert-OH is 2. The molecule has 0 radical (unpaired) electrons. The first kappa shape index (κ1) is 21.3. The van der Waals surface area contributed by atoms with Crippen molar-refractivity contribution in [2.75, 3.05) is 13.7 Å². The van der Waals surface area contributed by atoms with Crippen molar-refractivity contribution < 1.29 is 29.2 Å². The Bertz CT molecular complexity index is 357. The van der Waals surface area contributed by atoms with Gasteiger partial charge in [-0.25, -0.2) is 5.84 Å². The molecular formula is C16H32N2O6. The van der Waals surface area contributed by atoms with Gasteiger partial charge in [-0.05, 0) is 19.8 Å². The highest BCUT2D eigenvalue weighted by Gasteiger charge is 2.43. The fraction of sp³-hybridized carbons (Fsp3) is 0.938. The molecule has 8 nitrogen and oxygen atoms in total. The number of carbonyl (C=O) groups is 1. The van der Waals surface area contributed by atoms with Gasteiger partial charge in [0, 0.05) is 20.1 Å². The Balaban J connectivity index is 2.08. The third-order valence-corrected chi connectivity index (χ3v) is 4.30. The van der Waals surface area contributed by atoms with E-state index in [1.165, 1.54) is 7.11 Å². The van der Waals surface area contributed by atoms with Gasteiger partial charge in [0.15, 0.2) is 6.29 Å². The van der Waals surface area contributed by atoms with Gasteiger partial charge in [0.1, 0.15) is 18.3 Å². The van der Waals surface area contributed by atoms with Gasteiger partial charge in [-0.2, -0.15) is 0 Å². The van der Waals surface area contributed by atoms with Crippen molar-refractivity contribution in [1.82, 2.24) is 5.43 Å². The van der Waals surface area contributed by atoms with Crippen LogP contribution in [0.3, 0.4) is 0 Å². The molecule has 1 amide bonds. The van der Waals surface area contributed by atoms with Crippen LogP contribution in [0.5, 0.6) is 0 Å². The molecule has 8 heteroatoms. The highest BCUT2D eigenvalue weighted by atomic mass is 16.7. The number of methoxy groups -OCH3 is 1. The Morgan fingerprint density at radius 2 is 1.75 bits per heavy atom. The molecule has 0 unspecified atom stereocenters. The van der Waals surface area contributed by atoms with Crippen molar-refractivity contribution in [2.24, 2.45) is 5.84 Å². The highest BCUT2D eigenvalue weighted by molar-refractivity contribution is 5.74. The molecule has 142 valence electrons. The molecule has 5 atom stereocenters. The van der Waals surface area contributed by atoms with Crippen molar-refractivity contribution in [3.05, 3.63) is 0 Å². The van der Waals surface area contributed by atoms with E-state index in [-0.39, 0.29) is 5.91 Å². The second-order valence-corrected chi connectivity index (χ2v) is 6.20. The van der Waals surface area contributed by atoms with E-state index in [1.807, 2.05) is 0 Å². The first-order valence-corrected chi connectivity index (χ1v) is 8.66. The maximum absolute atomic E-state index is 10.9. The Kier molecular flexibility index (Phi) is 10.4. The van der Waals surface area contributed by atoms with Crippen LogP contribution in [0.2, 0.25) is 0 Å². The molecule has 0 saturated carbocycles. The van der Waals surface area contributed by atoms with Crippen LogP contribution in [0.1, 0.15) is 51.9 Å². The van der Waals surface area contributed by atoms with Crippen molar-refractivity contribution in [3.8, 4) is 0 Å². The largest absolute Gasteiger partial charge is 0.388 e. The second kappa shape index (κ2) is 11.7. The first-order chi connectivity index (χ1) is 11.5. The number of ether oxygens (including phenoxy) is 3. The SMILES string of the molecule is CO[C@H]1[C@H](OCCCCCCCCC(=O)NN)O[C@@H](C)[C@H](O)[C@H]1O. The summed E-state index contributed by atoms with van der Waals surface area (Å²) in [5.41, 5.74) is 2.12. The Hall–Kier alpha value is -0.770. The normalized spacial score (nSPS) is 30.3. The summed E-state index contributed by atoms with van der Waals surface area (Å²) in [6.07, 6.45) is 2.53. The van der Waals surface area contributed by atoms with E-state index in [4.69, 9.17) is 20.1 Å². The third-order valence-electron chi connectivity index (χ3n) is 4.30. The Labute approximate surface area is 143 Å². The van der Waals surface area contributed by atoms with Crippen LogP contribution in [0, 0.1) is 0 Å². The molecule has 0 aromatic rings. The average molecular weight is 348 g/mol. The minimum Gasteiger partial charge on any atom is -0.388 e. The van der Waals surface area contributed by atoms with E-state index in [2.05, 4.69) is 5.43 Å². The number of aliphatic hydroxyl groups is 2. The summed E-state index contributed by atoms with van der Waals surface area (Å²) in [4.78, 5) is 10.9. The van der Waals surface area contributed by atoms with Crippen LogP contribution in [0.15, 0.2) is 0 Å². The molecule has 0 spiro atoms. The molecule has 0 aromatic carbocycles. The van der Waals surface area contributed by atoms with Gasteiger partial charge < -0.3 is 24.4 Å². The Morgan fingerprint density at radius 1 is 1.12 bits per heavy atom. The predicted molar refractivity (Wildman–Crippen MR) is 87.7 cm³/mol. The maximum atomic E-state index is 10.9. The zero-order chi connectivity index (χ0) is 17.9. The van der Waals surface area contributed by atoms with Crippen LogP contribution in [0.4, 0.5) is 0 Å². The number of hydrogen-bond acceptors (Lipinski definition) is 7. The second-order valence-electron chi connectivity index (χ2n) is 6.20. The summed E-state index contributed by atoms with van der Waals surface area (Å²) in [5.74, 6) is 4.89. The number of hydrazine groups is 1. The fourth-order valence-electron chi connectivity index (χ4n) is 2.75. The zero-order valence-electron chi connectivity index (χ0n) is 14.6. The van der Waals surface area contributed by atoms with Gasteiger partial charge in [-0.1, -0.05) is 25.7 Å². The summed E-state index contributed by atoms with van der Waals surface area (Å²) >= 11 is 0. The molecule has 24 heavy (non-hydrogen) atoms. The lowest BCUT2D eigenvalue weighted by atomic mass is 10.00. The first-order valence-electron chi connectivity index (χ1n) is 8.66. The molecule has 5 N–H and O–H groups in total. The van der Waals surface area contributed by atoms with E-state index in [0.29, 0.717) is 13.0 Å². The summed E-state index contributed by atoms with van der Waals surface area (Å²) in [6.45, 7) is 2.21. The van der Waals surface area contributed by atoms with Crippen molar-refractivity contribution in [1.29, 1.82) is 0 Å². The minimum absolute atomic E-state index is 0.120. The molecule has 1 aliphatic rings. The summed E-state index contributed by atoms with van der Waals surface area (Å²) < 4.78 is 16.4. The molecule has 0 bridgehead atoms. The molecule has 0 aliphatic carbocycles. The summed E-state index contributed by atoms with van der Waals surface area (Å²) in [5, 5.41) is 19.8. The molecule has 1 rings (SSSR count). The van der Waals surface area contributed by atoms with Crippen LogP contribution in [-0.4, -0.2) is 60.5 Å². The van der Waals surface area contributed by atoms with Gasteiger partial charge in [-0.15, -0.1) is 0 Å². The van der Waals surface area contributed by atoms with E-state index < -0.39 is 30.7 Å². The van der Waals surface area contributed by atoms with Crippen molar-refractivity contribution >= 4 is 5.91 Å². The number of hydrogen-bond donors (Lipinski definition) is 4.